The fourth-order valence-corrected chi connectivity index (χ4v) is 3.71. The molecule has 3 aromatic heterocycles. The molecule has 0 unspecified atom stereocenters. The van der Waals surface area contributed by atoms with E-state index in [1.807, 2.05) is 42.7 Å². The lowest BCUT2D eigenvalue weighted by Gasteiger charge is -2.07. The van der Waals surface area contributed by atoms with E-state index in [1.54, 1.807) is 12.3 Å². The topological polar surface area (TPSA) is 89.6 Å². The van der Waals surface area contributed by atoms with Crippen LogP contribution >= 0.6 is 11.8 Å². The molecular formula is C18H17N5O2S. The number of nitrogens with one attached hydrogen (secondary N) is 1. The summed E-state index contributed by atoms with van der Waals surface area (Å²) < 4.78 is 7.40. The molecule has 4 rings (SSSR count). The van der Waals surface area contributed by atoms with Crippen molar-refractivity contribution in [1.82, 2.24) is 24.7 Å². The number of hydrogen-bond donors (Lipinski definition) is 1. The lowest BCUT2D eigenvalue weighted by molar-refractivity contribution is 0.534. The average Bonchev–Trinajstić information content (AvgIpc) is 3.25. The van der Waals surface area contributed by atoms with Crippen LogP contribution in [-0.2, 0) is 12.3 Å². The molecule has 0 radical (unpaired) electrons. The fourth-order valence-electron chi connectivity index (χ4n) is 2.83. The van der Waals surface area contributed by atoms with Gasteiger partial charge in [0.25, 0.3) is 5.56 Å². The zero-order valence-electron chi connectivity index (χ0n) is 14.4. The van der Waals surface area contributed by atoms with E-state index < -0.39 is 0 Å². The summed E-state index contributed by atoms with van der Waals surface area (Å²) in [5, 5.41) is 9.98. The first-order chi connectivity index (χ1) is 12.7. The zero-order chi connectivity index (χ0) is 18.1. The number of furan rings is 1. The average molecular weight is 367 g/mol. The van der Waals surface area contributed by atoms with Gasteiger partial charge in [-0.3, -0.25) is 4.79 Å². The third-order valence-corrected chi connectivity index (χ3v) is 5.11. The molecule has 8 heteroatoms. The van der Waals surface area contributed by atoms with Gasteiger partial charge in [0.05, 0.1) is 28.5 Å². The number of nitrogens with zero attached hydrogens (tertiary/aromatic N) is 4. The van der Waals surface area contributed by atoms with E-state index >= 15 is 0 Å². The minimum Gasteiger partial charge on any atom is -0.469 e. The number of fused-ring (bicyclic) bond motifs is 1. The molecule has 0 bridgehead atoms. The number of aromatic nitrogens is 5. The van der Waals surface area contributed by atoms with Gasteiger partial charge >= 0.3 is 0 Å². The van der Waals surface area contributed by atoms with Gasteiger partial charge in [0.2, 0.25) is 0 Å². The van der Waals surface area contributed by atoms with Crippen LogP contribution < -0.4 is 5.56 Å². The minimum absolute atomic E-state index is 0.127. The maximum atomic E-state index is 12.2. The number of para-hydroxylation sites is 1. The van der Waals surface area contributed by atoms with E-state index in [2.05, 4.69) is 20.2 Å². The van der Waals surface area contributed by atoms with Gasteiger partial charge in [0.1, 0.15) is 11.6 Å². The molecule has 0 fully saturated rings. The number of aryl methyl sites for hydroxylation is 1. The smallest absolute Gasteiger partial charge is 0.258 e. The number of H-pyrrole nitrogens is 1. The van der Waals surface area contributed by atoms with Crippen molar-refractivity contribution >= 4 is 22.7 Å². The fraction of sp³-hybridized carbons (Fsp3) is 0.222. The van der Waals surface area contributed by atoms with Crippen molar-refractivity contribution in [2.24, 2.45) is 0 Å². The largest absolute Gasteiger partial charge is 0.469 e. The number of benzene rings is 1. The van der Waals surface area contributed by atoms with Gasteiger partial charge in [0, 0.05) is 6.54 Å². The Morgan fingerprint density at radius 3 is 2.85 bits per heavy atom. The predicted octanol–water partition coefficient (Wildman–Crippen LogP) is 3.40. The standard InChI is InChI=1S/C18H17N5O2S/c1-3-23-16(12-8-9-25-11(12)2)21-22-18(23)26-10-15-19-14-7-5-4-6-13(14)17(24)20-15/h4-9H,3,10H2,1-2H3,(H,19,20,24). The molecule has 26 heavy (non-hydrogen) atoms. The number of thioether (sulfide) groups is 1. The second-order valence-corrected chi connectivity index (χ2v) is 6.70. The van der Waals surface area contributed by atoms with Crippen LogP contribution in [0.4, 0.5) is 0 Å². The van der Waals surface area contributed by atoms with Crippen molar-refractivity contribution in [3.63, 3.8) is 0 Å². The Morgan fingerprint density at radius 1 is 1.23 bits per heavy atom. The van der Waals surface area contributed by atoms with Crippen LogP contribution in [0.25, 0.3) is 22.3 Å². The summed E-state index contributed by atoms with van der Waals surface area (Å²) in [4.78, 5) is 19.6. The Kier molecular flexibility index (Phi) is 4.34. The lowest BCUT2D eigenvalue weighted by atomic mass is 10.2. The molecule has 4 aromatic rings. The number of hydrogen-bond acceptors (Lipinski definition) is 6. The third-order valence-electron chi connectivity index (χ3n) is 4.13. The summed E-state index contributed by atoms with van der Waals surface area (Å²) >= 11 is 1.49. The van der Waals surface area contributed by atoms with Crippen LogP contribution in [0.2, 0.25) is 0 Å². The van der Waals surface area contributed by atoms with Crippen LogP contribution in [0.15, 0.2) is 51.0 Å². The molecule has 0 aliphatic carbocycles. The Hall–Kier alpha value is -2.87. The van der Waals surface area contributed by atoms with Crippen molar-refractivity contribution in [1.29, 1.82) is 0 Å². The first kappa shape index (κ1) is 16.6. The van der Waals surface area contributed by atoms with Gasteiger partial charge in [-0.25, -0.2) is 4.98 Å². The van der Waals surface area contributed by atoms with Gasteiger partial charge < -0.3 is 14.0 Å². The Morgan fingerprint density at radius 2 is 2.08 bits per heavy atom. The van der Waals surface area contributed by atoms with Crippen molar-refractivity contribution in [2.45, 2.75) is 31.3 Å². The third kappa shape index (κ3) is 2.92. The Bertz CT molecular complexity index is 1130. The van der Waals surface area contributed by atoms with Gasteiger partial charge in [-0.15, -0.1) is 10.2 Å². The Labute approximate surface area is 153 Å². The van der Waals surface area contributed by atoms with E-state index in [1.165, 1.54) is 11.8 Å². The highest BCUT2D eigenvalue weighted by Crippen LogP contribution is 2.28. The lowest BCUT2D eigenvalue weighted by Crippen LogP contribution is -2.11. The number of rotatable bonds is 5. The summed E-state index contributed by atoms with van der Waals surface area (Å²) in [6, 6.07) is 9.20. The highest BCUT2D eigenvalue weighted by molar-refractivity contribution is 7.98. The van der Waals surface area contributed by atoms with E-state index in [0.717, 1.165) is 28.8 Å². The normalized spacial score (nSPS) is 11.3. The second-order valence-electron chi connectivity index (χ2n) is 5.76. The molecule has 0 aliphatic heterocycles. The molecule has 0 aliphatic rings. The molecule has 0 saturated carbocycles. The number of aromatic amines is 1. The zero-order valence-corrected chi connectivity index (χ0v) is 15.2. The molecule has 0 spiro atoms. The van der Waals surface area contributed by atoms with Gasteiger partial charge in [0.15, 0.2) is 11.0 Å². The van der Waals surface area contributed by atoms with Crippen LogP contribution in [-0.4, -0.2) is 24.7 Å². The maximum Gasteiger partial charge on any atom is 0.258 e. The maximum absolute atomic E-state index is 12.2. The van der Waals surface area contributed by atoms with Crippen LogP contribution in [0.1, 0.15) is 18.5 Å². The predicted molar refractivity (Wildman–Crippen MR) is 100 cm³/mol. The van der Waals surface area contributed by atoms with Crippen molar-refractivity contribution in [3.05, 3.63) is 58.5 Å². The van der Waals surface area contributed by atoms with Gasteiger partial charge in [-0.05, 0) is 32.0 Å². The van der Waals surface area contributed by atoms with Gasteiger partial charge in [-0.2, -0.15) is 0 Å². The van der Waals surface area contributed by atoms with Crippen molar-refractivity contribution in [2.75, 3.05) is 0 Å². The van der Waals surface area contributed by atoms with E-state index in [4.69, 9.17) is 4.42 Å². The summed E-state index contributed by atoms with van der Waals surface area (Å²) in [6.45, 7) is 4.68. The second kappa shape index (κ2) is 6.80. The van der Waals surface area contributed by atoms with E-state index in [0.29, 0.717) is 22.5 Å². The molecular weight excluding hydrogens is 350 g/mol. The summed E-state index contributed by atoms with van der Waals surface area (Å²) in [5.74, 6) is 2.71. The van der Waals surface area contributed by atoms with Crippen LogP contribution in [0.5, 0.6) is 0 Å². The van der Waals surface area contributed by atoms with E-state index in [9.17, 15) is 4.79 Å². The molecule has 132 valence electrons. The van der Waals surface area contributed by atoms with Crippen LogP contribution in [0.3, 0.4) is 0 Å². The van der Waals surface area contributed by atoms with E-state index in [-0.39, 0.29) is 5.56 Å². The Balaban J connectivity index is 1.62. The van der Waals surface area contributed by atoms with Crippen molar-refractivity contribution < 1.29 is 4.42 Å². The highest BCUT2D eigenvalue weighted by atomic mass is 32.2. The van der Waals surface area contributed by atoms with Crippen molar-refractivity contribution in [3.8, 4) is 11.4 Å². The monoisotopic (exact) mass is 367 g/mol. The van der Waals surface area contributed by atoms with Gasteiger partial charge in [-0.1, -0.05) is 23.9 Å². The molecule has 1 aromatic carbocycles. The molecule has 7 nitrogen and oxygen atoms in total. The first-order valence-electron chi connectivity index (χ1n) is 8.25. The molecule has 0 atom stereocenters. The minimum atomic E-state index is -0.127. The summed E-state index contributed by atoms with van der Waals surface area (Å²) in [6.07, 6.45) is 1.65. The molecule has 1 N–H and O–H groups in total. The SMILES string of the molecule is CCn1c(SCc2nc3ccccc3c(=O)[nH]2)nnc1-c1ccoc1C. The molecule has 3 heterocycles. The molecule has 0 saturated heterocycles. The summed E-state index contributed by atoms with van der Waals surface area (Å²) in [7, 11) is 0. The van der Waals surface area contributed by atoms with Crippen LogP contribution in [0, 0.1) is 6.92 Å². The first-order valence-corrected chi connectivity index (χ1v) is 9.24. The summed E-state index contributed by atoms with van der Waals surface area (Å²) in [5.41, 5.74) is 1.50. The molecule has 0 amide bonds. The highest BCUT2D eigenvalue weighted by Gasteiger charge is 2.16. The quantitative estimate of drug-likeness (QED) is 0.544.